The highest BCUT2D eigenvalue weighted by atomic mass is 32.2. The van der Waals surface area contributed by atoms with E-state index < -0.39 is 17.6 Å². The van der Waals surface area contributed by atoms with Gasteiger partial charge in [0.1, 0.15) is 12.6 Å². The molecule has 5 aliphatic rings. The van der Waals surface area contributed by atoms with Crippen LogP contribution in [0.5, 0.6) is 23.0 Å². The van der Waals surface area contributed by atoms with Gasteiger partial charge in [-0.3, -0.25) is 14.6 Å². The minimum absolute atomic E-state index is 0.0232. The second-order valence-corrected chi connectivity index (χ2v) is 17.6. The number of phenolic OH excluding ortho intramolecular Hbond substituents is 1. The lowest BCUT2D eigenvalue weighted by Crippen LogP contribution is -2.69. The van der Waals surface area contributed by atoms with Crippen LogP contribution in [-0.4, -0.2) is 90.4 Å². The number of aryl methyl sites for hydroxylation is 2. The average molecular weight is 779 g/mol. The van der Waals surface area contributed by atoms with Gasteiger partial charge in [-0.25, -0.2) is 0 Å². The first-order valence-corrected chi connectivity index (χ1v) is 20.5. The Bertz CT molecular complexity index is 2320. The maximum absolute atomic E-state index is 12.1. The van der Waals surface area contributed by atoms with Gasteiger partial charge in [0, 0.05) is 63.4 Å². The summed E-state index contributed by atoms with van der Waals surface area (Å²) in [6.07, 6.45) is 1.39. The highest BCUT2D eigenvalue weighted by Gasteiger charge is 2.60. The molecule has 4 aromatic rings. The number of nitrogens with zero attached hydrogens (tertiary/aromatic N) is 3. The van der Waals surface area contributed by atoms with Crippen LogP contribution >= 0.6 is 11.8 Å². The molecule has 0 unspecified atom stereocenters. The van der Waals surface area contributed by atoms with Gasteiger partial charge in [-0.1, -0.05) is 17.7 Å². The summed E-state index contributed by atoms with van der Waals surface area (Å²) in [6, 6.07) is 9.50. The first kappa shape index (κ1) is 37.1. The number of likely N-dealkylation sites (N-methyl/N-ethyl adjacent to an activating group) is 1. The zero-order valence-corrected chi connectivity index (χ0v) is 33.8. The largest absolute Gasteiger partial charge is 0.504 e. The fraction of sp³-hybridized carbons (Fsp3) is 0.488. The Hall–Kier alpha value is -4.45. The van der Waals surface area contributed by atoms with Crippen molar-refractivity contribution in [1.29, 1.82) is 5.26 Å². The molecule has 0 spiro atoms. The minimum Gasteiger partial charge on any atom is -0.504 e. The Morgan fingerprint density at radius 3 is 2.64 bits per heavy atom. The number of H-pyrrole nitrogens is 1. The van der Waals surface area contributed by atoms with Crippen LogP contribution in [0.4, 0.5) is 0 Å². The zero-order chi connectivity index (χ0) is 39.4. The lowest BCUT2D eigenvalue weighted by molar-refractivity contribution is -0.134. The maximum Gasteiger partial charge on any atom is 0.293 e. The van der Waals surface area contributed by atoms with Crippen molar-refractivity contribution in [3.63, 3.8) is 0 Å². The molecule has 3 aromatic carbocycles. The standard InChI is InChI=1S/C43H50N6O6S/c1-20-8-9-28-26(10-20)27-13-25(14-44)47-43(5,42(27)46-28)17-56-41-32-22(3)23(4)39-40(55-19-54-39)34(32)31(16-53-18-50)49-30(15-45)29-12-24-11-21(2)38(52-7)37(51)33(24)35(36(41)49)48(29)6/h8-11,18,25,29-31,35-36,41,46-47,51H,12-14,16-17,19,44H2,1-7H3/t25-,29-,30-,31-,35+,36+,41+,43+/m0/s1. The van der Waals surface area contributed by atoms with E-state index in [-0.39, 0.29) is 48.6 Å². The van der Waals surface area contributed by atoms with Gasteiger partial charge in [0.05, 0.1) is 30.8 Å². The van der Waals surface area contributed by atoms with Crippen LogP contribution in [0.1, 0.15) is 80.0 Å². The number of carbonyl (C=O) groups is 1. The molecule has 1 fully saturated rings. The number of aromatic nitrogens is 1. The molecule has 1 aromatic heterocycles. The third kappa shape index (κ3) is 5.22. The molecular weight excluding hydrogens is 729 g/mol. The van der Waals surface area contributed by atoms with Crippen molar-refractivity contribution in [2.24, 2.45) is 5.73 Å². The van der Waals surface area contributed by atoms with Crippen molar-refractivity contribution in [2.45, 2.75) is 94.5 Å². The number of hydrogen-bond donors (Lipinski definition) is 4. The second kappa shape index (κ2) is 13.6. The number of nitrogens with one attached hydrogen (secondary N) is 2. The molecule has 12 nitrogen and oxygen atoms in total. The second-order valence-electron chi connectivity index (χ2n) is 16.5. The van der Waals surface area contributed by atoms with Gasteiger partial charge in [-0.15, -0.1) is 11.8 Å². The number of phenols is 1. The smallest absolute Gasteiger partial charge is 0.293 e. The number of nitriles is 1. The monoisotopic (exact) mass is 778 g/mol. The summed E-state index contributed by atoms with van der Waals surface area (Å²) in [4.78, 5) is 20.3. The van der Waals surface area contributed by atoms with Crippen molar-refractivity contribution in [3.05, 3.63) is 80.0 Å². The summed E-state index contributed by atoms with van der Waals surface area (Å²) in [7, 11) is 3.66. The van der Waals surface area contributed by atoms with Crippen molar-refractivity contribution < 1.29 is 28.8 Å². The molecule has 2 bridgehead atoms. The van der Waals surface area contributed by atoms with Gasteiger partial charge < -0.3 is 40.1 Å². The van der Waals surface area contributed by atoms with Crippen LogP contribution in [0.25, 0.3) is 10.9 Å². The molecule has 9 rings (SSSR count). The molecule has 8 atom stereocenters. The lowest BCUT2D eigenvalue weighted by atomic mass is 9.71. The molecule has 0 aliphatic carbocycles. The molecular formula is C43H50N6O6S. The zero-order valence-electron chi connectivity index (χ0n) is 33.0. The Kier molecular flexibility index (Phi) is 9.02. The van der Waals surface area contributed by atoms with Gasteiger partial charge in [-0.05, 0) is 100 Å². The number of carbonyl (C=O) groups excluding carboxylic acids is 1. The van der Waals surface area contributed by atoms with E-state index in [0.717, 1.165) is 56.6 Å². The van der Waals surface area contributed by atoms with Crippen LogP contribution in [0.2, 0.25) is 0 Å². The lowest BCUT2D eigenvalue weighted by Gasteiger charge is -2.62. The number of aromatic hydroxyl groups is 1. The van der Waals surface area contributed by atoms with Crippen molar-refractivity contribution in [1.82, 2.24) is 20.1 Å². The van der Waals surface area contributed by atoms with Crippen LogP contribution < -0.4 is 25.3 Å². The minimum atomic E-state index is -0.580. The molecule has 13 heteroatoms. The molecule has 294 valence electrons. The van der Waals surface area contributed by atoms with Crippen LogP contribution in [0.15, 0.2) is 24.3 Å². The predicted octanol–water partition coefficient (Wildman–Crippen LogP) is 5.41. The number of rotatable bonds is 8. The van der Waals surface area contributed by atoms with Crippen molar-refractivity contribution in [2.75, 3.05) is 39.9 Å². The number of benzene rings is 3. The third-order valence-corrected chi connectivity index (χ3v) is 15.0. The van der Waals surface area contributed by atoms with Crippen LogP contribution in [-0.2, 0) is 27.9 Å². The normalized spacial score (nSPS) is 28.9. The molecule has 0 radical (unpaired) electrons. The van der Waals surface area contributed by atoms with Gasteiger partial charge in [0.15, 0.2) is 23.0 Å². The Morgan fingerprint density at radius 1 is 1.12 bits per heavy atom. The van der Waals surface area contributed by atoms with Crippen molar-refractivity contribution >= 4 is 29.1 Å². The number of fused-ring (bicyclic) bond motifs is 12. The van der Waals surface area contributed by atoms with E-state index in [0.29, 0.717) is 42.4 Å². The van der Waals surface area contributed by atoms with E-state index in [1.165, 1.54) is 16.5 Å². The van der Waals surface area contributed by atoms with E-state index in [1.807, 2.05) is 18.7 Å². The maximum atomic E-state index is 12.1. The summed E-state index contributed by atoms with van der Waals surface area (Å²) < 4.78 is 23.9. The number of nitrogens with two attached hydrogens (primary N) is 1. The summed E-state index contributed by atoms with van der Waals surface area (Å²) in [6.45, 7) is 11.6. The first-order valence-electron chi connectivity index (χ1n) is 19.4. The van der Waals surface area contributed by atoms with Gasteiger partial charge in [-0.2, -0.15) is 5.26 Å². The quantitative estimate of drug-likeness (QED) is 0.169. The fourth-order valence-corrected chi connectivity index (χ4v) is 12.6. The molecule has 5 aliphatic heterocycles. The van der Waals surface area contributed by atoms with Crippen LogP contribution in [0, 0.1) is 39.0 Å². The molecule has 1 saturated heterocycles. The van der Waals surface area contributed by atoms with E-state index >= 15 is 0 Å². The highest BCUT2D eigenvalue weighted by Crippen LogP contribution is 2.62. The van der Waals surface area contributed by atoms with E-state index in [1.54, 1.807) is 7.11 Å². The fourth-order valence-electron chi connectivity index (χ4n) is 10.9. The topological polar surface area (TPSA) is 158 Å². The summed E-state index contributed by atoms with van der Waals surface area (Å²) in [5.74, 6) is 2.58. The van der Waals surface area contributed by atoms with Crippen molar-refractivity contribution in [3.8, 4) is 29.1 Å². The summed E-state index contributed by atoms with van der Waals surface area (Å²) >= 11 is 1.85. The summed E-state index contributed by atoms with van der Waals surface area (Å²) in [5.41, 5.74) is 17.5. The number of thioether (sulfide) groups is 1. The SMILES string of the molecule is COc1c(C)cc2c(c1O)[C@@H]1[C@@H]3[C@H](SC[C@@]4(C)N[C@H](CN)Cc5c4[nH]c4ccc(C)cc54)c4c(C)c(C)c5c(c4[C@H](COC=O)N3[C@@H](C#N)[C@H](C2)N1C)OCO5. The van der Waals surface area contributed by atoms with E-state index in [2.05, 4.69) is 85.2 Å². The third-order valence-electron chi connectivity index (χ3n) is 13.4. The molecule has 0 amide bonds. The molecule has 0 saturated carbocycles. The molecule has 6 heterocycles. The average Bonchev–Trinajstić information content (AvgIpc) is 3.82. The predicted molar refractivity (Wildman–Crippen MR) is 214 cm³/mol. The van der Waals surface area contributed by atoms with Gasteiger partial charge in [0.25, 0.3) is 6.47 Å². The number of hydrogen-bond acceptors (Lipinski definition) is 12. The highest BCUT2D eigenvalue weighted by molar-refractivity contribution is 7.99. The summed E-state index contributed by atoms with van der Waals surface area (Å²) in [5, 5.41) is 28.3. The number of piperazine rings is 1. The first-order chi connectivity index (χ1) is 27.0. The number of methoxy groups -OCH3 is 1. The van der Waals surface area contributed by atoms with Crippen LogP contribution in [0.3, 0.4) is 0 Å². The Balaban J connectivity index is 1.27. The van der Waals surface area contributed by atoms with E-state index in [9.17, 15) is 15.2 Å². The molecule has 5 N–H and O–H groups in total. The Morgan fingerprint density at radius 2 is 1.91 bits per heavy atom. The number of aromatic amines is 1. The molecule has 56 heavy (non-hydrogen) atoms. The van der Waals surface area contributed by atoms with Gasteiger partial charge in [0.2, 0.25) is 6.79 Å². The van der Waals surface area contributed by atoms with Gasteiger partial charge >= 0.3 is 0 Å². The Labute approximate surface area is 331 Å². The van der Waals surface area contributed by atoms with E-state index in [4.69, 9.17) is 24.7 Å². The number of ether oxygens (including phenoxy) is 4.